The zero-order valence-electron chi connectivity index (χ0n) is 16.8. The SMILES string of the molecule is Cc1csc(N2CCCN(C(=O)CCNc3ccc(C(F)(F)F)cc3[N+](=O)[O-])CC2)n1. The van der Waals surface area contributed by atoms with Crippen molar-refractivity contribution in [1.29, 1.82) is 0 Å². The number of halogens is 3. The highest BCUT2D eigenvalue weighted by Gasteiger charge is 2.33. The zero-order valence-corrected chi connectivity index (χ0v) is 17.6. The Balaban J connectivity index is 1.55. The topological polar surface area (TPSA) is 91.6 Å². The minimum atomic E-state index is -4.67. The molecule has 2 heterocycles. The number of rotatable bonds is 6. The van der Waals surface area contributed by atoms with Crippen molar-refractivity contribution in [2.75, 3.05) is 42.9 Å². The number of nitrogens with zero attached hydrogens (tertiary/aromatic N) is 4. The first-order valence-electron chi connectivity index (χ1n) is 9.69. The average Bonchev–Trinajstić information content (AvgIpc) is 2.98. The molecule has 0 radical (unpaired) electrons. The molecule has 3 rings (SSSR count). The molecule has 31 heavy (non-hydrogen) atoms. The third kappa shape index (κ3) is 5.84. The van der Waals surface area contributed by atoms with E-state index in [9.17, 15) is 28.1 Å². The first-order valence-corrected chi connectivity index (χ1v) is 10.6. The van der Waals surface area contributed by atoms with E-state index in [2.05, 4.69) is 15.2 Å². The maximum absolute atomic E-state index is 12.8. The van der Waals surface area contributed by atoms with Crippen LogP contribution in [0.2, 0.25) is 0 Å². The zero-order chi connectivity index (χ0) is 22.6. The molecule has 0 bridgehead atoms. The van der Waals surface area contributed by atoms with Crippen LogP contribution in [0.1, 0.15) is 24.1 Å². The van der Waals surface area contributed by atoms with Gasteiger partial charge >= 0.3 is 6.18 Å². The summed E-state index contributed by atoms with van der Waals surface area (Å²) in [6.07, 6.45) is -3.80. The molecule has 0 aliphatic carbocycles. The molecule has 0 unspecified atom stereocenters. The van der Waals surface area contributed by atoms with E-state index in [0.717, 1.165) is 35.9 Å². The van der Waals surface area contributed by atoms with E-state index in [0.29, 0.717) is 25.7 Å². The number of anilines is 2. The number of alkyl halides is 3. The highest BCUT2D eigenvalue weighted by atomic mass is 32.1. The minimum absolute atomic E-state index is 0.0491. The Bertz CT molecular complexity index is 950. The monoisotopic (exact) mass is 457 g/mol. The number of thiazole rings is 1. The maximum atomic E-state index is 12.8. The largest absolute Gasteiger partial charge is 0.416 e. The molecule has 0 atom stereocenters. The van der Waals surface area contributed by atoms with Gasteiger partial charge in [-0.2, -0.15) is 13.2 Å². The van der Waals surface area contributed by atoms with Crippen molar-refractivity contribution in [2.45, 2.75) is 25.9 Å². The fourth-order valence-electron chi connectivity index (χ4n) is 3.32. The average molecular weight is 457 g/mol. The molecule has 1 fully saturated rings. The number of benzene rings is 1. The Morgan fingerprint density at radius 2 is 2.06 bits per heavy atom. The molecule has 168 valence electrons. The van der Waals surface area contributed by atoms with Gasteiger partial charge in [-0.1, -0.05) is 0 Å². The van der Waals surface area contributed by atoms with Crippen molar-refractivity contribution in [3.63, 3.8) is 0 Å². The van der Waals surface area contributed by atoms with Gasteiger partial charge in [-0.25, -0.2) is 4.98 Å². The van der Waals surface area contributed by atoms with Crippen LogP contribution in [0.15, 0.2) is 23.6 Å². The molecule has 2 aromatic rings. The number of carbonyl (C=O) groups excluding carboxylic acids is 1. The second kappa shape index (κ2) is 9.50. The second-order valence-electron chi connectivity index (χ2n) is 7.16. The second-order valence-corrected chi connectivity index (χ2v) is 7.99. The first-order chi connectivity index (χ1) is 14.6. The van der Waals surface area contributed by atoms with Crippen molar-refractivity contribution in [1.82, 2.24) is 9.88 Å². The van der Waals surface area contributed by atoms with E-state index in [4.69, 9.17) is 0 Å². The fourth-order valence-corrected chi connectivity index (χ4v) is 4.17. The van der Waals surface area contributed by atoms with Gasteiger partial charge in [0.2, 0.25) is 5.91 Å². The minimum Gasteiger partial charge on any atom is -0.379 e. The van der Waals surface area contributed by atoms with Crippen LogP contribution in [0.4, 0.5) is 29.7 Å². The summed E-state index contributed by atoms with van der Waals surface area (Å²) in [7, 11) is 0. The molecule has 1 N–H and O–H groups in total. The van der Waals surface area contributed by atoms with Crippen LogP contribution in [0, 0.1) is 17.0 Å². The summed E-state index contributed by atoms with van der Waals surface area (Å²) in [5, 5.41) is 16.8. The van der Waals surface area contributed by atoms with Gasteiger partial charge in [-0.05, 0) is 25.5 Å². The Labute approximate surface area is 180 Å². The number of aryl methyl sites for hydroxylation is 1. The molecular formula is C19H22F3N5O3S. The summed E-state index contributed by atoms with van der Waals surface area (Å²) in [6.45, 7) is 4.61. The van der Waals surface area contributed by atoms with Gasteiger partial charge in [0, 0.05) is 50.6 Å². The molecule has 1 aliphatic rings. The summed E-state index contributed by atoms with van der Waals surface area (Å²) in [6, 6.07) is 2.29. The lowest BCUT2D eigenvalue weighted by molar-refractivity contribution is -0.384. The molecular weight excluding hydrogens is 435 g/mol. The van der Waals surface area contributed by atoms with E-state index in [-0.39, 0.29) is 24.6 Å². The van der Waals surface area contributed by atoms with Gasteiger partial charge in [-0.15, -0.1) is 11.3 Å². The lowest BCUT2D eigenvalue weighted by atomic mass is 10.1. The number of nitro benzene ring substituents is 1. The Morgan fingerprint density at radius 3 is 2.71 bits per heavy atom. The van der Waals surface area contributed by atoms with E-state index < -0.39 is 22.4 Å². The van der Waals surface area contributed by atoms with E-state index in [1.165, 1.54) is 0 Å². The Hall–Kier alpha value is -2.89. The van der Waals surface area contributed by atoms with Gasteiger partial charge in [0.1, 0.15) is 5.69 Å². The molecule has 1 aromatic heterocycles. The molecule has 8 nitrogen and oxygen atoms in total. The highest BCUT2D eigenvalue weighted by molar-refractivity contribution is 7.13. The van der Waals surface area contributed by atoms with Crippen molar-refractivity contribution in [3.05, 3.63) is 45.0 Å². The van der Waals surface area contributed by atoms with Crippen molar-refractivity contribution < 1.29 is 22.9 Å². The van der Waals surface area contributed by atoms with E-state index >= 15 is 0 Å². The predicted octanol–water partition coefficient (Wildman–Crippen LogP) is 3.92. The van der Waals surface area contributed by atoms with Gasteiger partial charge in [0.05, 0.1) is 16.2 Å². The summed E-state index contributed by atoms with van der Waals surface area (Å²) < 4.78 is 38.4. The standard InChI is InChI=1S/C19H22F3N5O3S/c1-13-12-31-18(24-13)26-8-2-7-25(9-10-26)17(28)5-6-23-15-4-3-14(19(20,21)22)11-16(15)27(29)30/h3-4,11-12,23H,2,5-10H2,1H3. The van der Waals surface area contributed by atoms with Crippen molar-refractivity contribution in [3.8, 4) is 0 Å². The summed E-state index contributed by atoms with van der Waals surface area (Å²) in [5.74, 6) is -0.112. The lowest BCUT2D eigenvalue weighted by Gasteiger charge is -2.22. The Morgan fingerprint density at radius 1 is 1.29 bits per heavy atom. The quantitative estimate of drug-likeness (QED) is 0.522. The van der Waals surface area contributed by atoms with Gasteiger partial charge < -0.3 is 15.1 Å². The molecule has 1 aliphatic heterocycles. The third-order valence-electron chi connectivity index (χ3n) is 4.90. The number of hydrogen-bond donors (Lipinski definition) is 1. The first kappa shape index (κ1) is 22.8. The van der Waals surface area contributed by atoms with Crippen LogP contribution in [0.3, 0.4) is 0 Å². The number of hydrogen-bond acceptors (Lipinski definition) is 7. The summed E-state index contributed by atoms with van der Waals surface area (Å²) >= 11 is 1.57. The highest BCUT2D eigenvalue weighted by Crippen LogP contribution is 2.35. The van der Waals surface area contributed by atoms with Crippen LogP contribution in [0.5, 0.6) is 0 Å². The number of carbonyl (C=O) groups is 1. The maximum Gasteiger partial charge on any atom is 0.416 e. The van der Waals surface area contributed by atoms with Crippen LogP contribution in [-0.4, -0.2) is 53.4 Å². The molecule has 1 aromatic carbocycles. The van der Waals surface area contributed by atoms with Crippen LogP contribution >= 0.6 is 11.3 Å². The molecule has 0 saturated carbocycles. The Kier molecular flexibility index (Phi) is 6.98. The molecule has 12 heteroatoms. The summed E-state index contributed by atoms with van der Waals surface area (Å²) in [4.78, 5) is 31.2. The van der Waals surface area contributed by atoms with Crippen LogP contribution in [0.25, 0.3) is 0 Å². The smallest absolute Gasteiger partial charge is 0.379 e. The van der Waals surface area contributed by atoms with E-state index in [1.54, 1.807) is 16.2 Å². The van der Waals surface area contributed by atoms with Gasteiger partial charge in [-0.3, -0.25) is 14.9 Å². The number of nitro groups is 1. The number of aromatic nitrogens is 1. The molecule has 0 spiro atoms. The van der Waals surface area contributed by atoms with Gasteiger partial charge in [0.25, 0.3) is 5.69 Å². The van der Waals surface area contributed by atoms with Crippen molar-refractivity contribution in [2.24, 2.45) is 0 Å². The lowest BCUT2D eigenvalue weighted by Crippen LogP contribution is -2.36. The third-order valence-corrected chi connectivity index (χ3v) is 5.92. The predicted molar refractivity (Wildman–Crippen MR) is 111 cm³/mol. The molecule has 1 saturated heterocycles. The van der Waals surface area contributed by atoms with Crippen LogP contribution < -0.4 is 10.2 Å². The summed E-state index contributed by atoms with van der Waals surface area (Å²) in [5.41, 5.74) is -0.857. The van der Waals surface area contributed by atoms with E-state index in [1.807, 2.05) is 12.3 Å². The molecule has 1 amide bonds. The normalized spacial score (nSPS) is 15.0. The number of nitrogens with one attached hydrogen (secondary N) is 1. The fraction of sp³-hybridized carbons (Fsp3) is 0.474. The number of amides is 1. The van der Waals surface area contributed by atoms with Gasteiger partial charge in [0.15, 0.2) is 5.13 Å². The van der Waals surface area contributed by atoms with Crippen molar-refractivity contribution >= 4 is 33.8 Å². The van der Waals surface area contributed by atoms with Crippen LogP contribution in [-0.2, 0) is 11.0 Å².